The fourth-order valence-corrected chi connectivity index (χ4v) is 3.09. The fraction of sp³-hybridized carbons (Fsp3) is 0.533. The average Bonchev–Trinajstić information content (AvgIpc) is 2.38. The van der Waals surface area contributed by atoms with Gasteiger partial charge in [0, 0.05) is 41.4 Å². The zero-order valence-corrected chi connectivity index (χ0v) is 13.9. The van der Waals surface area contributed by atoms with E-state index >= 15 is 0 Å². The molecule has 5 heteroatoms. The minimum absolute atomic E-state index is 0. The minimum atomic E-state index is 0. The second-order valence-electron chi connectivity index (χ2n) is 5.30. The van der Waals surface area contributed by atoms with Crippen molar-refractivity contribution in [2.75, 3.05) is 19.6 Å². The monoisotopic (exact) mass is 314 g/mol. The molecule has 0 bridgehead atoms. The molecule has 1 saturated heterocycles. The lowest BCUT2D eigenvalue weighted by Crippen LogP contribution is -2.51. The van der Waals surface area contributed by atoms with E-state index in [1.165, 1.54) is 4.90 Å². The van der Waals surface area contributed by atoms with Gasteiger partial charge in [0.05, 0.1) is 0 Å². The van der Waals surface area contributed by atoms with E-state index < -0.39 is 0 Å². The van der Waals surface area contributed by atoms with Gasteiger partial charge in [0.15, 0.2) is 0 Å². The van der Waals surface area contributed by atoms with Crippen molar-refractivity contribution in [1.82, 2.24) is 10.2 Å². The van der Waals surface area contributed by atoms with Gasteiger partial charge in [-0.15, -0.1) is 24.2 Å². The quantitative estimate of drug-likeness (QED) is 0.870. The van der Waals surface area contributed by atoms with Crippen molar-refractivity contribution in [1.29, 1.82) is 0 Å². The van der Waals surface area contributed by atoms with Crippen molar-refractivity contribution in [3.05, 3.63) is 29.8 Å². The molecule has 0 saturated carbocycles. The number of carbonyl (C=O) groups excluding carboxylic acids is 1. The Labute approximate surface area is 131 Å². The van der Waals surface area contributed by atoms with E-state index in [9.17, 15) is 4.79 Å². The van der Waals surface area contributed by atoms with E-state index in [1.807, 2.05) is 40.9 Å². The molecule has 1 N–H and O–H groups in total. The fourth-order valence-electron chi connectivity index (χ4n) is 2.25. The first kappa shape index (κ1) is 17.3. The molecule has 2 rings (SSSR count). The van der Waals surface area contributed by atoms with Crippen LogP contribution in [0.25, 0.3) is 0 Å². The molecule has 20 heavy (non-hydrogen) atoms. The van der Waals surface area contributed by atoms with Crippen LogP contribution in [-0.2, 0) is 0 Å². The number of hydrogen-bond donors (Lipinski definition) is 1. The predicted molar refractivity (Wildman–Crippen MR) is 88.1 cm³/mol. The minimum Gasteiger partial charge on any atom is -0.336 e. The molecule has 0 radical (unpaired) electrons. The average molecular weight is 315 g/mol. The summed E-state index contributed by atoms with van der Waals surface area (Å²) in [7, 11) is 0. The van der Waals surface area contributed by atoms with Gasteiger partial charge in [0.2, 0.25) is 0 Å². The smallest absolute Gasteiger partial charge is 0.253 e. The second kappa shape index (κ2) is 7.91. The highest BCUT2D eigenvalue weighted by atomic mass is 35.5. The Morgan fingerprint density at radius 2 is 2.00 bits per heavy atom. The van der Waals surface area contributed by atoms with Crippen LogP contribution in [0.5, 0.6) is 0 Å². The molecular weight excluding hydrogens is 292 g/mol. The maximum absolute atomic E-state index is 12.4. The molecule has 1 heterocycles. The number of hydrogen-bond acceptors (Lipinski definition) is 3. The summed E-state index contributed by atoms with van der Waals surface area (Å²) in [6, 6.07) is 8.36. The van der Waals surface area contributed by atoms with Gasteiger partial charge in [0.1, 0.15) is 0 Å². The number of piperazine rings is 1. The molecule has 1 amide bonds. The number of nitrogens with zero attached hydrogens (tertiary/aromatic N) is 1. The van der Waals surface area contributed by atoms with Crippen LogP contribution >= 0.6 is 24.2 Å². The molecule has 3 nitrogen and oxygen atoms in total. The van der Waals surface area contributed by atoms with Gasteiger partial charge < -0.3 is 10.2 Å². The Hall–Kier alpha value is -0.710. The molecule has 1 aromatic carbocycles. The van der Waals surface area contributed by atoms with Gasteiger partial charge >= 0.3 is 0 Å². The Morgan fingerprint density at radius 3 is 2.55 bits per heavy atom. The molecule has 1 unspecified atom stereocenters. The van der Waals surface area contributed by atoms with Crippen molar-refractivity contribution in [2.24, 2.45) is 0 Å². The largest absolute Gasteiger partial charge is 0.336 e. The first-order valence-electron chi connectivity index (χ1n) is 6.85. The predicted octanol–water partition coefficient (Wildman–Crippen LogP) is 3.04. The molecule has 1 aliphatic rings. The summed E-state index contributed by atoms with van der Waals surface area (Å²) in [4.78, 5) is 15.5. The summed E-state index contributed by atoms with van der Waals surface area (Å²) in [6.07, 6.45) is 0. The number of nitrogens with one attached hydrogen (secondary N) is 1. The summed E-state index contributed by atoms with van der Waals surface area (Å²) in [6.45, 7) is 8.93. The highest BCUT2D eigenvalue weighted by Crippen LogP contribution is 2.23. The highest BCUT2D eigenvalue weighted by molar-refractivity contribution is 7.99. The Bertz CT molecular complexity index is 436. The van der Waals surface area contributed by atoms with Crippen molar-refractivity contribution in [3.8, 4) is 0 Å². The van der Waals surface area contributed by atoms with E-state index in [0.29, 0.717) is 11.3 Å². The molecule has 1 aromatic rings. The lowest BCUT2D eigenvalue weighted by molar-refractivity contribution is 0.0709. The zero-order valence-electron chi connectivity index (χ0n) is 12.3. The van der Waals surface area contributed by atoms with E-state index in [2.05, 4.69) is 26.1 Å². The third-order valence-electron chi connectivity index (χ3n) is 3.13. The molecule has 1 fully saturated rings. The normalized spacial score (nSPS) is 18.8. The van der Waals surface area contributed by atoms with Gasteiger partial charge in [-0.25, -0.2) is 0 Å². The van der Waals surface area contributed by atoms with Crippen LogP contribution in [0, 0.1) is 0 Å². The van der Waals surface area contributed by atoms with Crippen molar-refractivity contribution in [3.63, 3.8) is 0 Å². The number of rotatable bonds is 3. The van der Waals surface area contributed by atoms with Gasteiger partial charge in [-0.2, -0.15) is 0 Å². The third-order valence-corrected chi connectivity index (χ3v) is 4.14. The summed E-state index contributed by atoms with van der Waals surface area (Å²) >= 11 is 1.82. The Kier molecular flexibility index (Phi) is 6.86. The highest BCUT2D eigenvalue weighted by Gasteiger charge is 2.21. The van der Waals surface area contributed by atoms with E-state index in [4.69, 9.17) is 0 Å². The number of amides is 1. The molecule has 0 aromatic heterocycles. The van der Waals surface area contributed by atoms with Crippen LogP contribution in [-0.4, -0.2) is 41.7 Å². The van der Waals surface area contributed by atoms with Crippen LogP contribution in [0.15, 0.2) is 29.2 Å². The lowest BCUT2D eigenvalue weighted by atomic mass is 10.1. The van der Waals surface area contributed by atoms with Crippen molar-refractivity contribution >= 4 is 30.1 Å². The van der Waals surface area contributed by atoms with Crippen LogP contribution in [0.1, 0.15) is 31.1 Å². The van der Waals surface area contributed by atoms with Gasteiger partial charge in [-0.3, -0.25) is 4.79 Å². The number of benzene rings is 1. The van der Waals surface area contributed by atoms with Crippen LogP contribution in [0.2, 0.25) is 0 Å². The van der Waals surface area contributed by atoms with Crippen LogP contribution in [0.3, 0.4) is 0 Å². The van der Waals surface area contributed by atoms with Gasteiger partial charge in [-0.05, 0) is 31.2 Å². The lowest BCUT2D eigenvalue weighted by Gasteiger charge is -2.32. The SMILES string of the molecule is CC1CN(C(=O)c2ccc(SC(C)C)cc2)CCN1.Cl. The Balaban J connectivity index is 0.00000200. The van der Waals surface area contributed by atoms with Crippen molar-refractivity contribution < 1.29 is 4.79 Å². The summed E-state index contributed by atoms with van der Waals surface area (Å²) in [5, 5.41) is 3.92. The topological polar surface area (TPSA) is 32.3 Å². The van der Waals surface area contributed by atoms with Crippen LogP contribution < -0.4 is 5.32 Å². The first-order valence-corrected chi connectivity index (χ1v) is 7.73. The molecule has 112 valence electrons. The first-order chi connectivity index (χ1) is 9.06. The zero-order chi connectivity index (χ0) is 13.8. The summed E-state index contributed by atoms with van der Waals surface area (Å²) in [5.41, 5.74) is 0.794. The van der Waals surface area contributed by atoms with Crippen LogP contribution in [0.4, 0.5) is 0 Å². The second-order valence-corrected chi connectivity index (χ2v) is 6.95. The van der Waals surface area contributed by atoms with E-state index in [1.54, 1.807) is 0 Å². The maximum atomic E-state index is 12.4. The summed E-state index contributed by atoms with van der Waals surface area (Å²) in [5.74, 6) is 0.148. The molecular formula is C15H23ClN2OS. The number of halogens is 1. The third kappa shape index (κ3) is 4.69. The maximum Gasteiger partial charge on any atom is 0.253 e. The van der Waals surface area contributed by atoms with Gasteiger partial charge in [0.25, 0.3) is 5.91 Å². The summed E-state index contributed by atoms with van der Waals surface area (Å²) < 4.78 is 0. The number of thioether (sulfide) groups is 1. The number of carbonyl (C=O) groups is 1. The molecule has 1 aliphatic heterocycles. The van der Waals surface area contributed by atoms with Crippen molar-refractivity contribution in [2.45, 2.75) is 37.0 Å². The molecule has 0 spiro atoms. The Morgan fingerprint density at radius 1 is 1.35 bits per heavy atom. The van der Waals surface area contributed by atoms with E-state index in [-0.39, 0.29) is 18.3 Å². The van der Waals surface area contributed by atoms with E-state index in [0.717, 1.165) is 25.2 Å². The standard InChI is InChI=1S/C15H22N2OS.ClH/c1-11(2)19-14-6-4-13(5-7-14)15(18)17-9-8-16-12(3)10-17;/h4-7,11-12,16H,8-10H2,1-3H3;1H. The molecule has 1 atom stereocenters. The molecule has 0 aliphatic carbocycles. The van der Waals surface area contributed by atoms with Gasteiger partial charge in [-0.1, -0.05) is 13.8 Å².